The Hall–Kier alpha value is -2.25. The number of imidazole rings is 1. The maximum Gasteiger partial charge on any atom is 0.164 e. The van der Waals surface area contributed by atoms with Gasteiger partial charge in [-0.1, -0.05) is 40.9 Å². The van der Waals surface area contributed by atoms with Gasteiger partial charge < -0.3 is 9.88 Å². The fourth-order valence-electron chi connectivity index (χ4n) is 4.47. The van der Waals surface area contributed by atoms with Crippen LogP contribution < -0.4 is 5.32 Å². The predicted octanol–water partition coefficient (Wildman–Crippen LogP) is 6.38. The number of nitrogens with one attached hydrogen (secondary N) is 1. The Bertz CT molecular complexity index is 1310. The quantitative estimate of drug-likeness (QED) is 0.322. The molecule has 0 unspecified atom stereocenters. The molecule has 1 saturated heterocycles. The molecule has 176 valence electrons. The molecule has 34 heavy (non-hydrogen) atoms. The molecular formula is C25H23Cl3FN5. The molecule has 2 aromatic carbocycles. The molecule has 1 atom stereocenters. The van der Waals surface area contributed by atoms with E-state index in [9.17, 15) is 4.39 Å². The molecule has 9 heteroatoms. The molecule has 0 bridgehead atoms. The summed E-state index contributed by atoms with van der Waals surface area (Å²) < 4.78 is 16.3. The van der Waals surface area contributed by atoms with Crippen molar-refractivity contribution in [1.82, 2.24) is 24.8 Å². The summed E-state index contributed by atoms with van der Waals surface area (Å²) in [5.41, 5.74) is 2.64. The van der Waals surface area contributed by atoms with Crippen molar-refractivity contribution in [3.63, 3.8) is 0 Å². The van der Waals surface area contributed by atoms with Crippen molar-refractivity contribution in [3.8, 4) is 11.4 Å². The highest BCUT2D eigenvalue weighted by atomic mass is 35.5. The first-order chi connectivity index (χ1) is 16.5. The number of rotatable bonds is 6. The van der Waals surface area contributed by atoms with Crippen molar-refractivity contribution in [1.29, 1.82) is 0 Å². The molecule has 1 aliphatic heterocycles. The van der Waals surface area contributed by atoms with Crippen LogP contribution in [0.3, 0.4) is 0 Å². The number of nitrogens with zero attached hydrogens (tertiary/aromatic N) is 4. The van der Waals surface area contributed by atoms with Crippen molar-refractivity contribution < 1.29 is 4.39 Å². The van der Waals surface area contributed by atoms with Crippen molar-refractivity contribution >= 4 is 46.0 Å². The van der Waals surface area contributed by atoms with Crippen LogP contribution in [0.15, 0.2) is 42.6 Å². The minimum absolute atomic E-state index is 0.282. The molecule has 2 aromatic heterocycles. The van der Waals surface area contributed by atoms with Crippen LogP contribution in [-0.2, 0) is 19.4 Å². The summed E-state index contributed by atoms with van der Waals surface area (Å²) >= 11 is 19.1. The average Bonchev–Trinajstić information content (AvgIpc) is 3.17. The summed E-state index contributed by atoms with van der Waals surface area (Å²) in [5.74, 6) is 1.45. The summed E-state index contributed by atoms with van der Waals surface area (Å²) in [6.07, 6.45) is 4.89. The Morgan fingerprint density at radius 1 is 1.06 bits per heavy atom. The Kier molecular flexibility index (Phi) is 7.02. The molecule has 5 rings (SSSR count). The van der Waals surface area contributed by atoms with Gasteiger partial charge in [-0.05, 0) is 74.2 Å². The van der Waals surface area contributed by atoms with E-state index in [-0.39, 0.29) is 5.82 Å². The summed E-state index contributed by atoms with van der Waals surface area (Å²) in [6, 6.07) is 10.0. The van der Waals surface area contributed by atoms with E-state index < -0.39 is 0 Å². The van der Waals surface area contributed by atoms with Crippen LogP contribution in [-0.4, -0.2) is 32.6 Å². The second kappa shape index (κ2) is 10.2. The summed E-state index contributed by atoms with van der Waals surface area (Å²) in [5, 5.41) is 5.05. The first-order valence-corrected chi connectivity index (χ1v) is 12.4. The van der Waals surface area contributed by atoms with Gasteiger partial charge in [0, 0.05) is 18.0 Å². The number of halogens is 4. The van der Waals surface area contributed by atoms with Gasteiger partial charge in [0.2, 0.25) is 0 Å². The number of piperidine rings is 1. The van der Waals surface area contributed by atoms with E-state index >= 15 is 0 Å². The normalized spacial score (nSPS) is 16.3. The fraction of sp³-hybridized carbons (Fsp3) is 0.320. The lowest BCUT2D eigenvalue weighted by atomic mass is 9.99. The van der Waals surface area contributed by atoms with Gasteiger partial charge in [-0.3, -0.25) is 0 Å². The van der Waals surface area contributed by atoms with E-state index in [1.165, 1.54) is 6.07 Å². The van der Waals surface area contributed by atoms with E-state index in [0.717, 1.165) is 38.1 Å². The van der Waals surface area contributed by atoms with Gasteiger partial charge in [-0.25, -0.2) is 19.3 Å². The second-order valence-corrected chi connectivity index (χ2v) is 9.84. The van der Waals surface area contributed by atoms with E-state index in [0.29, 0.717) is 62.1 Å². The van der Waals surface area contributed by atoms with Crippen molar-refractivity contribution in [2.45, 2.75) is 32.2 Å². The number of aryl methyl sites for hydroxylation is 2. The highest BCUT2D eigenvalue weighted by Crippen LogP contribution is 2.36. The van der Waals surface area contributed by atoms with Crippen LogP contribution in [0.1, 0.15) is 24.2 Å². The number of fused-ring (bicyclic) bond motifs is 1. The fourth-order valence-corrected chi connectivity index (χ4v) is 5.23. The molecule has 0 spiro atoms. The number of aromatic nitrogens is 4. The van der Waals surface area contributed by atoms with Crippen LogP contribution >= 0.6 is 34.8 Å². The van der Waals surface area contributed by atoms with Gasteiger partial charge in [0.05, 0.1) is 21.8 Å². The molecule has 0 amide bonds. The third-order valence-electron chi connectivity index (χ3n) is 6.19. The highest BCUT2D eigenvalue weighted by molar-refractivity contribution is 6.39. The Morgan fingerprint density at radius 2 is 1.88 bits per heavy atom. The van der Waals surface area contributed by atoms with Crippen LogP contribution in [0.2, 0.25) is 15.1 Å². The number of hydrogen-bond donors (Lipinski definition) is 1. The Balaban J connectivity index is 1.54. The molecule has 0 aliphatic carbocycles. The van der Waals surface area contributed by atoms with Crippen LogP contribution in [0, 0.1) is 11.7 Å². The maximum absolute atomic E-state index is 14.2. The van der Waals surface area contributed by atoms with Gasteiger partial charge in [0.1, 0.15) is 23.0 Å². The topological polar surface area (TPSA) is 55.6 Å². The zero-order chi connectivity index (χ0) is 23.7. The molecule has 0 radical (unpaired) electrons. The summed E-state index contributed by atoms with van der Waals surface area (Å²) in [4.78, 5) is 14.2. The van der Waals surface area contributed by atoms with Gasteiger partial charge in [-0.2, -0.15) is 0 Å². The standard InChI is InChI=1S/C25H23Cl3FN5/c26-17-7-8-20(29)16(11-17)6-9-22-31-13-21-24(33-22)34(14-15-3-2-10-30-12-15)25(32-21)23-18(27)4-1-5-19(23)28/h1,4-5,7-8,11,13,15,30H,2-3,6,9-10,12,14H2/t15-/m1/s1. The van der Waals surface area contributed by atoms with Crippen molar-refractivity contribution in [2.24, 2.45) is 5.92 Å². The average molecular weight is 519 g/mol. The van der Waals surface area contributed by atoms with E-state index in [1.807, 2.05) is 18.2 Å². The zero-order valence-electron chi connectivity index (χ0n) is 18.4. The van der Waals surface area contributed by atoms with Gasteiger partial charge in [0.25, 0.3) is 0 Å². The SMILES string of the molecule is Fc1ccc(Cl)cc1CCc1ncc2nc(-c3c(Cl)cccc3Cl)n(C[C@@H]3CCCNC3)c2n1. The predicted molar refractivity (Wildman–Crippen MR) is 135 cm³/mol. The minimum atomic E-state index is -0.282. The molecule has 3 heterocycles. The largest absolute Gasteiger partial charge is 0.316 e. The minimum Gasteiger partial charge on any atom is -0.316 e. The molecule has 4 aromatic rings. The molecular weight excluding hydrogens is 496 g/mol. The van der Waals surface area contributed by atoms with Crippen LogP contribution in [0.4, 0.5) is 4.39 Å². The lowest BCUT2D eigenvalue weighted by Gasteiger charge is -2.24. The molecule has 0 saturated carbocycles. The zero-order valence-corrected chi connectivity index (χ0v) is 20.6. The monoisotopic (exact) mass is 517 g/mol. The molecule has 1 N–H and O–H groups in total. The first kappa shape index (κ1) is 23.5. The van der Waals surface area contributed by atoms with E-state index in [4.69, 9.17) is 44.8 Å². The molecule has 1 fully saturated rings. The summed E-state index contributed by atoms with van der Waals surface area (Å²) in [6.45, 7) is 2.71. The number of benzene rings is 2. The Morgan fingerprint density at radius 3 is 2.65 bits per heavy atom. The number of hydrogen-bond acceptors (Lipinski definition) is 4. The van der Waals surface area contributed by atoms with E-state index in [1.54, 1.807) is 18.3 Å². The van der Waals surface area contributed by atoms with Crippen molar-refractivity contribution in [2.75, 3.05) is 13.1 Å². The second-order valence-electron chi connectivity index (χ2n) is 8.59. The van der Waals surface area contributed by atoms with Gasteiger partial charge >= 0.3 is 0 Å². The van der Waals surface area contributed by atoms with Gasteiger partial charge in [-0.15, -0.1) is 0 Å². The highest BCUT2D eigenvalue weighted by Gasteiger charge is 2.23. The van der Waals surface area contributed by atoms with Crippen LogP contribution in [0.25, 0.3) is 22.6 Å². The van der Waals surface area contributed by atoms with E-state index in [2.05, 4.69) is 14.9 Å². The maximum atomic E-state index is 14.2. The lowest BCUT2D eigenvalue weighted by molar-refractivity contribution is 0.341. The third kappa shape index (κ3) is 4.91. The van der Waals surface area contributed by atoms with Gasteiger partial charge in [0.15, 0.2) is 5.65 Å². The third-order valence-corrected chi connectivity index (χ3v) is 7.05. The summed E-state index contributed by atoms with van der Waals surface area (Å²) in [7, 11) is 0. The van der Waals surface area contributed by atoms with Crippen molar-refractivity contribution in [3.05, 3.63) is 74.9 Å². The smallest absolute Gasteiger partial charge is 0.164 e. The van der Waals surface area contributed by atoms with Crippen LogP contribution in [0.5, 0.6) is 0 Å². The molecule has 5 nitrogen and oxygen atoms in total. The Labute approximate surface area is 212 Å². The molecule has 1 aliphatic rings. The lowest BCUT2D eigenvalue weighted by Crippen LogP contribution is -2.32. The first-order valence-electron chi connectivity index (χ1n) is 11.3.